The van der Waals surface area contributed by atoms with E-state index in [1.54, 1.807) is 24.3 Å². The van der Waals surface area contributed by atoms with Gasteiger partial charge in [-0.2, -0.15) is 10.2 Å². The molecule has 0 fully saturated rings. The summed E-state index contributed by atoms with van der Waals surface area (Å²) in [5, 5.41) is 14.1. The standard InChI is InChI=1S/C11H12N6O/c1-6(18)7-2-4-8(5-3-7)14-15-9-10(12)16-17-11(9)13/h2-5H,1H3,(H5,12,13,16,17). The zero-order chi connectivity index (χ0) is 13.1. The van der Waals surface area contributed by atoms with Gasteiger partial charge in [-0.1, -0.05) is 0 Å². The van der Waals surface area contributed by atoms with E-state index in [9.17, 15) is 4.79 Å². The number of benzene rings is 1. The molecule has 0 bridgehead atoms. The first-order chi connectivity index (χ1) is 8.58. The SMILES string of the molecule is CC(=O)c1ccc(N=Nc2c(N)n[nH]c2N)cc1. The first kappa shape index (κ1) is 11.8. The van der Waals surface area contributed by atoms with E-state index in [-0.39, 0.29) is 17.4 Å². The molecule has 1 aromatic carbocycles. The Labute approximate surface area is 103 Å². The van der Waals surface area contributed by atoms with Crippen molar-refractivity contribution in [1.82, 2.24) is 10.2 Å². The first-order valence-corrected chi connectivity index (χ1v) is 5.20. The number of carbonyl (C=O) groups is 1. The third-order valence-electron chi connectivity index (χ3n) is 2.33. The number of nitrogens with zero attached hydrogens (tertiary/aromatic N) is 3. The predicted molar refractivity (Wildman–Crippen MR) is 68.0 cm³/mol. The second-order valence-corrected chi connectivity index (χ2v) is 3.67. The maximum atomic E-state index is 11.1. The number of aromatic amines is 1. The molecule has 18 heavy (non-hydrogen) atoms. The van der Waals surface area contributed by atoms with Crippen molar-refractivity contribution >= 4 is 28.8 Å². The van der Waals surface area contributed by atoms with E-state index in [1.165, 1.54) is 6.92 Å². The topological polar surface area (TPSA) is 123 Å². The van der Waals surface area contributed by atoms with Crippen molar-refractivity contribution in [2.24, 2.45) is 10.2 Å². The monoisotopic (exact) mass is 244 g/mol. The molecule has 7 nitrogen and oxygen atoms in total. The van der Waals surface area contributed by atoms with Gasteiger partial charge in [0.15, 0.2) is 17.3 Å². The van der Waals surface area contributed by atoms with Gasteiger partial charge < -0.3 is 11.5 Å². The lowest BCUT2D eigenvalue weighted by Gasteiger charge is -1.96. The molecule has 2 rings (SSSR count). The number of H-pyrrole nitrogens is 1. The molecule has 0 unspecified atom stereocenters. The van der Waals surface area contributed by atoms with Crippen LogP contribution in [0.25, 0.3) is 0 Å². The second kappa shape index (κ2) is 4.66. The summed E-state index contributed by atoms with van der Waals surface area (Å²) < 4.78 is 0. The molecule has 1 aromatic heterocycles. The van der Waals surface area contributed by atoms with Gasteiger partial charge in [-0.15, -0.1) is 5.11 Å². The molecule has 0 atom stereocenters. The summed E-state index contributed by atoms with van der Waals surface area (Å²) in [6, 6.07) is 6.73. The van der Waals surface area contributed by atoms with Crippen LogP contribution in [-0.4, -0.2) is 16.0 Å². The summed E-state index contributed by atoms with van der Waals surface area (Å²) in [5.74, 6) is 0.454. The van der Waals surface area contributed by atoms with Crippen LogP contribution in [0.5, 0.6) is 0 Å². The lowest BCUT2D eigenvalue weighted by Crippen LogP contribution is -1.89. The molecule has 92 valence electrons. The molecule has 0 spiro atoms. The van der Waals surface area contributed by atoms with Crippen LogP contribution < -0.4 is 11.5 Å². The van der Waals surface area contributed by atoms with E-state index in [1.807, 2.05) is 0 Å². The molecule has 1 heterocycles. The third-order valence-corrected chi connectivity index (χ3v) is 2.33. The van der Waals surface area contributed by atoms with E-state index < -0.39 is 0 Å². The van der Waals surface area contributed by atoms with Crippen LogP contribution in [0, 0.1) is 0 Å². The summed E-state index contributed by atoms with van der Waals surface area (Å²) in [7, 11) is 0. The lowest BCUT2D eigenvalue weighted by atomic mass is 10.1. The number of nitrogens with one attached hydrogen (secondary N) is 1. The minimum atomic E-state index is 0.00168. The number of hydrogen-bond acceptors (Lipinski definition) is 6. The van der Waals surface area contributed by atoms with Crippen molar-refractivity contribution in [3.05, 3.63) is 29.8 Å². The van der Waals surface area contributed by atoms with Crippen LogP contribution in [0.15, 0.2) is 34.5 Å². The summed E-state index contributed by atoms with van der Waals surface area (Å²) >= 11 is 0. The second-order valence-electron chi connectivity index (χ2n) is 3.67. The molecule has 5 N–H and O–H groups in total. The van der Waals surface area contributed by atoms with Crippen LogP contribution in [0.1, 0.15) is 17.3 Å². The normalized spacial score (nSPS) is 10.9. The van der Waals surface area contributed by atoms with Crippen molar-refractivity contribution in [3.8, 4) is 0 Å². The Morgan fingerprint density at radius 2 is 1.89 bits per heavy atom. The van der Waals surface area contributed by atoms with Gasteiger partial charge in [-0.3, -0.25) is 9.89 Å². The van der Waals surface area contributed by atoms with Crippen molar-refractivity contribution in [1.29, 1.82) is 0 Å². The van der Waals surface area contributed by atoms with Gasteiger partial charge in [0.25, 0.3) is 0 Å². The highest BCUT2D eigenvalue weighted by Crippen LogP contribution is 2.28. The van der Waals surface area contributed by atoms with Crippen molar-refractivity contribution in [2.45, 2.75) is 6.92 Å². The zero-order valence-corrected chi connectivity index (χ0v) is 9.71. The van der Waals surface area contributed by atoms with Gasteiger partial charge in [0.05, 0.1) is 5.69 Å². The molecule has 0 aliphatic heterocycles. The molecule has 7 heteroatoms. The molecule has 0 aliphatic carbocycles. The fourth-order valence-corrected chi connectivity index (χ4v) is 1.34. The molecule has 0 saturated heterocycles. The van der Waals surface area contributed by atoms with Gasteiger partial charge in [0.2, 0.25) is 0 Å². The number of nitrogens with two attached hydrogens (primary N) is 2. The molecule has 2 aromatic rings. The van der Waals surface area contributed by atoms with E-state index >= 15 is 0 Å². The number of azo groups is 1. The Morgan fingerprint density at radius 3 is 2.39 bits per heavy atom. The van der Waals surface area contributed by atoms with Crippen LogP contribution in [0.2, 0.25) is 0 Å². The van der Waals surface area contributed by atoms with E-state index in [0.717, 1.165) is 0 Å². The summed E-state index contributed by atoms with van der Waals surface area (Å²) in [5.41, 5.74) is 12.7. The molecular formula is C11H12N6O. The summed E-state index contributed by atoms with van der Waals surface area (Å²) in [6.45, 7) is 1.50. The fraction of sp³-hybridized carbons (Fsp3) is 0.0909. The maximum Gasteiger partial charge on any atom is 0.175 e. The molecule has 0 aliphatic rings. The van der Waals surface area contributed by atoms with E-state index in [4.69, 9.17) is 11.5 Å². The number of anilines is 2. The average Bonchev–Trinajstić information content (AvgIpc) is 2.67. The van der Waals surface area contributed by atoms with Gasteiger partial charge in [0, 0.05) is 5.56 Å². The highest BCUT2D eigenvalue weighted by Gasteiger charge is 2.06. The molecule has 0 saturated carbocycles. The number of carbonyl (C=O) groups excluding carboxylic acids is 1. The zero-order valence-electron chi connectivity index (χ0n) is 9.71. The molecular weight excluding hydrogens is 232 g/mol. The molecule has 0 amide bonds. The van der Waals surface area contributed by atoms with Crippen molar-refractivity contribution in [3.63, 3.8) is 0 Å². The van der Waals surface area contributed by atoms with Crippen LogP contribution >= 0.6 is 0 Å². The quantitative estimate of drug-likeness (QED) is 0.565. The molecule has 0 radical (unpaired) electrons. The van der Waals surface area contributed by atoms with Gasteiger partial charge in [0.1, 0.15) is 5.82 Å². The maximum absolute atomic E-state index is 11.1. The van der Waals surface area contributed by atoms with Crippen LogP contribution in [0.4, 0.5) is 23.0 Å². The number of hydrogen-bond donors (Lipinski definition) is 3. The van der Waals surface area contributed by atoms with Crippen LogP contribution in [0.3, 0.4) is 0 Å². The number of ketones is 1. The summed E-state index contributed by atoms with van der Waals surface area (Å²) in [4.78, 5) is 11.1. The average molecular weight is 244 g/mol. The predicted octanol–water partition coefficient (Wildman–Crippen LogP) is 2.19. The van der Waals surface area contributed by atoms with Gasteiger partial charge in [-0.05, 0) is 31.2 Å². The number of aromatic nitrogens is 2. The number of nitrogen functional groups attached to an aromatic ring is 2. The third kappa shape index (κ3) is 2.34. The van der Waals surface area contributed by atoms with Crippen molar-refractivity contribution < 1.29 is 4.79 Å². The smallest absolute Gasteiger partial charge is 0.175 e. The van der Waals surface area contributed by atoms with Crippen molar-refractivity contribution in [2.75, 3.05) is 11.5 Å². The Hall–Kier alpha value is -2.70. The summed E-state index contributed by atoms with van der Waals surface area (Å²) in [6.07, 6.45) is 0. The Morgan fingerprint density at radius 1 is 1.22 bits per heavy atom. The highest BCUT2D eigenvalue weighted by molar-refractivity contribution is 5.94. The Balaban J connectivity index is 2.21. The minimum absolute atomic E-state index is 0.00168. The lowest BCUT2D eigenvalue weighted by molar-refractivity contribution is 0.101. The largest absolute Gasteiger partial charge is 0.382 e. The number of rotatable bonds is 3. The Bertz CT molecular complexity index is 579. The first-order valence-electron chi connectivity index (χ1n) is 5.20. The van der Waals surface area contributed by atoms with E-state index in [2.05, 4.69) is 20.4 Å². The minimum Gasteiger partial charge on any atom is -0.382 e. The highest BCUT2D eigenvalue weighted by atomic mass is 16.1. The van der Waals surface area contributed by atoms with Gasteiger partial charge >= 0.3 is 0 Å². The Kier molecular flexibility index (Phi) is 3.05. The van der Waals surface area contributed by atoms with Gasteiger partial charge in [-0.25, -0.2) is 0 Å². The van der Waals surface area contributed by atoms with E-state index in [0.29, 0.717) is 16.9 Å². The number of Topliss-reactive ketones (excluding diaryl/α,β-unsaturated/α-hetero) is 1. The van der Waals surface area contributed by atoms with Crippen LogP contribution in [-0.2, 0) is 0 Å². The fourth-order valence-electron chi connectivity index (χ4n) is 1.34.